The minimum absolute atomic E-state index is 0.0124. The second kappa shape index (κ2) is 57.3. The van der Waals surface area contributed by atoms with Crippen LogP contribution in [0.25, 0.3) is 0 Å². The van der Waals surface area contributed by atoms with Gasteiger partial charge in [-0.3, -0.25) is 42.9 Å². The zero-order valence-electron chi connectivity index (χ0n) is 66.4. The van der Waals surface area contributed by atoms with Crippen LogP contribution in [0.2, 0.25) is 0 Å². The molecule has 4 rings (SSSR count). The maximum atomic E-state index is 14.0. The van der Waals surface area contributed by atoms with E-state index in [0.717, 1.165) is 32.1 Å². The van der Waals surface area contributed by atoms with Crippen LogP contribution in [0.3, 0.4) is 0 Å². The van der Waals surface area contributed by atoms with Crippen molar-refractivity contribution in [1.29, 1.82) is 0 Å². The summed E-state index contributed by atoms with van der Waals surface area (Å²) in [6.45, 7) is 0.992. The third kappa shape index (κ3) is 39.9. The third-order valence-electron chi connectivity index (χ3n) is 19.6. The van der Waals surface area contributed by atoms with Crippen molar-refractivity contribution in [3.05, 3.63) is 0 Å². The molecule has 41 nitrogen and oxygen atoms in total. The maximum Gasteiger partial charge on any atom is 0.330 e. The minimum Gasteiger partial charge on any atom is -0.394 e. The number of rotatable bonds is 62. The summed E-state index contributed by atoms with van der Waals surface area (Å²) in [6.07, 6.45) is -12.9. The molecule has 42 heteroatoms. The number of amides is 8. The van der Waals surface area contributed by atoms with Gasteiger partial charge in [0.25, 0.3) is 5.91 Å². The average molecular weight is 1680 g/mol. The monoisotopic (exact) mass is 1680 g/mol. The van der Waals surface area contributed by atoms with Crippen LogP contribution in [0.15, 0.2) is 0 Å². The van der Waals surface area contributed by atoms with Crippen LogP contribution in [0, 0.1) is 0 Å². The van der Waals surface area contributed by atoms with E-state index in [1.807, 2.05) is 0 Å². The molecule has 668 valence electrons. The third-order valence-corrected chi connectivity index (χ3v) is 21.4. The highest BCUT2D eigenvalue weighted by Crippen LogP contribution is 2.47. The van der Waals surface area contributed by atoms with E-state index in [-0.39, 0.29) is 173 Å². The molecule has 0 bridgehead atoms. The van der Waals surface area contributed by atoms with Crippen molar-refractivity contribution in [3.63, 3.8) is 0 Å². The molecule has 8 amide bonds. The molecule has 10 unspecified atom stereocenters. The molecule has 0 saturated carbocycles. The quantitative estimate of drug-likeness (QED) is 0.0155. The van der Waals surface area contributed by atoms with Crippen molar-refractivity contribution in [2.75, 3.05) is 118 Å². The number of β-amino-alcohol motifs (C(OH)–C–C–N with tert-alkyl or cyclic N) is 1. The zero-order chi connectivity index (χ0) is 84.7. The van der Waals surface area contributed by atoms with E-state index in [0.29, 0.717) is 77.0 Å². The number of carbonyl (C=O) groups is 8. The van der Waals surface area contributed by atoms with Crippen LogP contribution in [-0.2, 0) is 90.1 Å². The van der Waals surface area contributed by atoms with Crippen LogP contribution in [0.1, 0.15) is 181 Å². The van der Waals surface area contributed by atoms with Gasteiger partial charge in [0.2, 0.25) is 47.3 Å². The largest absolute Gasteiger partial charge is 0.394 e. The summed E-state index contributed by atoms with van der Waals surface area (Å²) in [5.74, 6) is -5.05. The SMILES string of the molecule is CC(C)P(=O)(O)OC[C@@H]1C[C@@H](O)CN1C(=O)CCCCCCCCCCC(=O)NC(COCCC(=O)NCCCNC(=O)CCCCO[C@@H]1OC(CO)[C@H](O)C(O)C1O)(OCCC(=O)NCCCNC(=O)CCCCO[C@@H]1OC(CO)[C@H](O)C(O)C1O)OCCC(=O)NCCCNC(=O)CCCCO[C@@H]1OC(CO)[C@H](O)C(O)C1O. The number of unbranched alkanes of at least 4 members (excludes halogenated alkanes) is 10. The molecule has 0 aromatic rings. The van der Waals surface area contributed by atoms with Crippen molar-refractivity contribution in [3.8, 4) is 0 Å². The normalized spacial score (nSPS) is 26.7. The van der Waals surface area contributed by atoms with Crippen molar-refractivity contribution in [2.45, 2.75) is 297 Å². The van der Waals surface area contributed by atoms with Crippen molar-refractivity contribution in [2.24, 2.45) is 0 Å². The van der Waals surface area contributed by atoms with Gasteiger partial charge in [0.1, 0.15) is 79.9 Å². The smallest absolute Gasteiger partial charge is 0.330 e. The molecular weight excluding hydrogens is 1550 g/mol. The Morgan fingerprint density at radius 1 is 0.409 bits per heavy atom. The molecule has 0 aromatic carbocycles. The Kier molecular flexibility index (Phi) is 51.0. The van der Waals surface area contributed by atoms with E-state index in [1.165, 1.54) is 4.90 Å². The highest BCUT2D eigenvalue weighted by Gasteiger charge is 2.47. The van der Waals surface area contributed by atoms with Crippen LogP contribution >= 0.6 is 7.60 Å². The first-order valence-electron chi connectivity index (χ1n) is 40.4. The topological polar surface area (TPSA) is 617 Å². The molecule has 18 atom stereocenters. The molecule has 4 heterocycles. The standard InChI is InChI=1S/C73H133N8O33P/c1-47(2)115(103,104)111-45-48-40-49(85)41-81(48)60(93)24-10-8-6-4-3-5-7-9-23-59(92)80-73(109-38-26-57(90)78-32-18-29-75-54(87)21-12-15-35-107-71-68(101)65(98)62(95)51(43-83)113-71,110-39-27-58(91)79-33-19-30-76-55(88)22-13-16-36-108-72-69(102)66(99)63(96)52(44-84)114-72)46-105-37-25-56(89)77-31-17-28-74-53(86)20-11-14-34-106-70-67(100)64(97)61(94)50(42-82)112-70/h47-52,61-72,82-85,94-102H,3-46H2,1-2H3,(H,74,86)(H,75,87)(H,76,88)(H,77,89)(H,78,90)(H,79,91)(H,80,92)(H,103,104)/t48-,49+,50?,51?,52?,61-,62-,63-,64?,65?,66?,67?,68?,69?,70+,71+,72+,73?/m0/s1. The predicted molar refractivity (Wildman–Crippen MR) is 403 cm³/mol. The van der Waals surface area contributed by atoms with E-state index < -0.39 is 173 Å². The van der Waals surface area contributed by atoms with Gasteiger partial charge in [0.05, 0.1) is 76.9 Å². The Balaban J connectivity index is 1.30. The number of ether oxygens (including phenoxy) is 9. The molecule has 0 aromatic heterocycles. The second-order valence-corrected chi connectivity index (χ2v) is 31.8. The summed E-state index contributed by atoms with van der Waals surface area (Å²) in [5.41, 5.74) is -0.617. The molecule has 4 aliphatic rings. The average Bonchev–Trinajstić information content (AvgIpc) is 1.84. The first-order chi connectivity index (χ1) is 55.0. The molecule has 4 aliphatic heterocycles. The van der Waals surface area contributed by atoms with Gasteiger partial charge < -0.3 is 161 Å². The highest BCUT2D eigenvalue weighted by molar-refractivity contribution is 7.53. The van der Waals surface area contributed by atoms with Crippen molar-refractivity contribution >= 4 is 54.9 Å². The first-order valence-corrected chi connectivity index (χ1v) is 42.1. The lowest BCUT2D eigenvalue weighted by Gasteiger charge is -2.39. The molecule has 0 aliphatic carbocycles. The van der Waals surface area contributed by atoms with Crippen LogP contribution < -0.4 is 37.2 Å². The predicted octanol–water partition coefficient (Wildman–Crippen LogP) is -4.72. The molecule has 0 spiro atoms. The van der Waals surface area contributed by atoms with Gasteiger partial charge in [-0.05, 0) is 77.0 Å². The number of likely N-dealkylation sites (tertiary alicyclic amines) is 1. The van der Waals surface area contributed by atoms with E-state index in [4.69, 9.17) is 47.2 Å². The Morgan fingerprint density at radius 3 is 1.09 bits per heavy atom. The highest BCUT2D eigenvalue weighted by atomic mass is 31.2. The van der Waals surface area contributed by atoms with Gasteiger partial charge in [-0.15, -0.1) is 0 Å². The Morgan fingerprint density at radius 2 is 0.730 bits per heavy atom. The Labute approximate surface area is 671 Å². The maximum absolute atomic E-state index is 14.0. The molecule has 21 N–H and O–H groups in total. The van der Waals surface area contributed by atoms with E-state index in [9.17, 15) is 114 Å². The lowest BCUT2D eigenvalue weighted by atomic mass is 9.99. The summed E-state index contributed by atoms with van der Waals surface area (Å²) < 4.78 is 68.5. The second-order valence-electron chi connectivity index (χ2n) is 29.4. The van der Waals surface area contributed by atoms with Crippen LogP contribution in [0.4, 0.5) is 0 Å². The van der Waals surface area contributed by atoms with Gasteiger partial charge in [-0.2, -0.15) is 0 Å². The van der Waals surface area contributed by atoms with Gasteiger partial charge in [-0.25, -0.2) is 0 Å². The van der Waals surface area contributed by atoms with Crippen LogP contribution in [0.5, 0.6) is 0 Å². The van der Waals surface area contributed by atoms with Gasteiger partial charge in [0.15, 0.2) is 18.9 Å². The lowest BCUT2D eigenvalue weighted by Crippen LogP contribution is -2.59. The fourth-order valence-corrected chi connectivity index (χ4v) is 13.2. The Hall–Kier alpha value is -4.97. The summed E-state index contributed by atoms with van der Waals surface area (Å²) in [4.78, 5) is 116. The van der Waals surface area contributed by atoms with Gasteiger partial charge >= 0.3 is 7.60 Å². The number of nitrogens with one attached hydrogen (secondary N) is 7. The van der Waals surface area contributed by atoms with Gasteiger partial charge in [-0.1, -0.05) is 52.4 Å². The summed E-state index contributed by atoms with van der Waals surface area (Å²) >= 11 is 0. The zero-order valence-corrected chi connectivity index (χ0v) is 67.3. The molecule has 115 heavy (non-hydrogen) atoms. The summed E-state index contributed by atoms with van der Waals surface area (Å²) in [6, 6.07) is -0.508. The molecule has 4 fully saturated rings. The molecular formula is C73H133N8O33P. The molecule has 0 radical (unpaired) electrons. The minimum atomic E-state index is -3.87. The Bertz CT molecular complexity index is 2740. The number of hydrogen-bond donors (Lipinski definition) is 21. The van der Waals surface area contributed by atoms with Gasteiger partial charge in [0, 0.05) is 104 Å². The number of aliphatic hydroxyl groups is 13. The summed E-state index contributed by atoms with van der Waals surface area (Å²) in [7, 11) is -3.87. The van der Waals surface area contributed by atoms with Crippen LogP contribution in [-0.4, -0.2) is 358 Å². The van der Waals surface area contributed by atoms with E-state index >= 15 is 0 Å². The van der Waals surface area contributed by atoms with Crippen molar-refractivity contribution < 1.29 is 161 Å². The number of hydrogen-bond acceptors (Lipinski definition) is 32. The summed E-state index contributed by atoms with van der Waals surface area (Å²) in [5, 5.41) is 148. The fourth-order valence-electron chi connectivity index (χ4n) is 12.5. The first kappa shape index (κ1) is 102. The number of aliphatic hydroxyl groups excluding tert-OH is 13. The molecule has 4 saturated heterocycles. The van der Waals surface area contributed by atoms with Crippen molar-refractivity contribution in [1.82, 2.24) is 42.1 Å². The van der Waals surface area contributed by atoms with E-state index in [1.54, 1.807) is 13.8 Å². The lowest BCUT2D eigenvalue weighted by molar-refractivity contribution is -0.301. The number of nitrogens with zero attached hydrogens (tertiary/aromatic N) is 1. The number of carbonyl (C=O) groups excluding carboxylic acids is 8. The van der Waals surface area contributed by atoms with E-state index in [2.05, 4.69) is 37.2 Å². The fraction of sp³-hybridized carbons (Fsp3) is 0.890.